The van der Waals surface area contributed by atoms with Crippen LogP contribution in [0.1, 0.15) is 18.2 Å². The number of hydrogen-bond donors (Lipinski definition) is 1. The second kappa shape index (κ2) is 8.19. The van der Waals surface area contributed by atoms with Crippen molar-refractivity contribution < 1.29 is 14.1 Å². The fourth-order valence-electron chi connectivity index (χ4n) is 2.58. The van der Waals surface area contributed by atoms with Crippen molar-refractivity contribution in [3.05, 3.63) is 60.0 Å². The number of amides is 1. The predicted octanol–water partition coefficient (Wildman–Crippen LogP) is 4.10. The van der Waals surface area contributed by atoms with E-state index >= 15 is 0 Å². The largest absolute Gasteiger partial charge is 0.489 e. The summed E-state index contributed by atoms with van der Waals surface area (Å²) < 4.78 is 11.2. The molecule has 0 saturated carbocycles. The summed E-state index contributed by atoms with van der Waals surface area (Å²) in [5.74, 6) is 1.39. The van der Waals surface area contributed by atoms with Crippen LogP contribution in [0.4, 0.5) is 5.13 Å². The van der Waals surface area contributed by atoms with Crippen LogP contribution >= 0.6 is 11.3 Å². The van der Waals surface area contributed by atoms with Crippen LogP contribution in [0.3, 0.4) is 0 Å². The summed E-state index contributed by atoms with van der Waals surface area (Å²) in [5.41, 5.74) is 2.52. The van der Waals surface area contributed by atoms with Gasteiger partial charge in [0.2, 0.25) is 11.7 Å². The Morgan fingerprint density at radius 1 is 1.21 bits per heavy atom. The minimum atomic E-state index is -0.178. The van der Waals surface area contributed by atoms with Gasteiger partial charge in [0.1, 0.15) is 17.2 Å². The summed E-state index contributed by atoms with van der Waals surface area (Å²) in [4.78, 5) is 24.8. The molecule has 0 unspecified atom stereocenters. The van der Waals surface area contributed by atoms with Crippen LogP contribution in [-0.2, 0) is 11.4 Å². The molecule has 1 N–H and O–H groups in total. The molecular formula is C20H17N5O3S. The molecule has 9 heteroatoms. The zero-order valence-electron chi connectivity index (χ0n) is 15.7. The molecule has 0 radical (unpaired) electrons. The van der Waals surface area contributed by atoms with Gasteiger partial charge in [-0.25, -0.2) is 4.98 Å². The van der Waals surface area contributed by atoms with E-state index in [4.69, 9.17) is 9.26 Å². The van der Waals surface area contributed by atoms with Crippen LogP contribution in [0.2, 0.25) is 0 Å². The average molecular weight is 407 g/mol. The van der Waals surface area contributed by atoms with Crippen LogP contribution in [-0.4, -0.2) is 26.0 Å². The van der Waals surface area contributed by atoms with Gasteiger partial charge in [-0.1, -0.05) is 22.6 Å². The van der Waals surface area contributed by atoms with Gasteiger partial charge in [-0.15, -0.1) is 0 Å². The second-order valence-electron chi connectivity index (χ2n) is 6.21. The summed E-state index contributed by atoms with van der Waals surface area (Å²) in [6, 6.07) is 11.3. The molecule has 0 spiro atoms. The van der Waals surface area contributed by atoms with Crippen LogP contribution in [0.25, 0.3) is 22.2 Å². The fraction of sp³-hybridized carbons (Fsp3) is 0.150. The molecule has 0 atom stereocenters. The standard InChI is InChI=1S/C20H17N5O3S/c1-12-17(29-20(22-12)23-13(2)26)19-24-18(25-28-19)15-5-7-16(8-6-15)27-11-14-4-3-9-21-10-14/h3-10H,11H2,1-2H3,(H,22,23,26). The Hall–Kier alpha value is -3.59. The van der Waals surface area contributed by atoms with Crippen molar-refractivity contribution in [3.63, 3.8) is 0 Å². The van der Waals surface area contributed by atoms with Crippen LogP contribution < -0.4 is 10.1 Å². The first kappa shape index (κ1) is 18.8. The Labute approximate surface area is 170 Å². The van der Waals surface area contributed by atoms with Gasteiger partial charge in [0.15, 0.2) is 5.13 Å². The van der Waals surface area contributed by atoms with Gasteiger partial charge in [0, 0.05) is 30.4 Å². The van der Waals surface area contributed by atoms with E-state index in [1.165, 1.54) is 18.3 Å². The Morgan fingerprint density at radius 3 is 2.76 bits per heavy atom. The van der Waals surface area contributed by atoms with Crippen molar-refractivity contribution in [2.45, 2.75) is 20.5 Å². The quantitative estimate of drug-likeness (QED) is 0.513. The Kier molecular flexibility index (Phi) is 5.30. The molecule has 1 aromatic carbocycles. The minimum absolute atomic E-state index is 0.178. The summed E-state index contributed by atoms with van der Waals surface area (Å²) in [7, 11) is 0. The van der Waals surface area contributed by atoms with Crippen LogP contribution in [0, 0.1) is 6.92 Å². The Balaban J connectivity index is 1.47. The molecule has 1 amide bonds. The van der Waals surface area contributed by atoms with Crippen LogP contribution in [0.5, 0.6) is 5.75 Å². The van der Waals surface area contributed by atoms with Gasteiger partial charge in [-0.2, -0.15) is 4.98 Å². The SMILES string of the molecule is CC(=O)Nc1nc(C)c(-c2nc(-c3ccc(OCc4cccnc4)cc3)no2)s1. The van der Waals surface area contributed by atoms with E-state index in [9.17, 15) is 4.79 Å². The van der Waals surface area contributed by atoms with E-state index in [2.05, 4.69) is 25.4 Å². The number of anilines is 1. The van der Waals surface area contributed by atoms with Gasteiger partial charge < -0.3 is 14.6 Å². The molecule has 4 rings (SSSR count). The predicted molar refractivity (Wildman–Crippen MR) is 108 cm³/mol. The smallest absolute Gasteiger partial charge is 0.270 e. The zero-order chi connectivity index (χ0) is 20.2. The van der Waals surface area contributed by atoms with Gasteiger partial charge >= 0.3 is 0 Å². The average Bonchev–Trinajstić information content (AvgIpc) is 3.34. The topological polar surface area (TPSA) is 103 Å². The third-order valence-electron chi connectivity index (χ3n) is 3.94. The van der Waals surface area contributed by atoms with E-state index in [-0.39, 0.29) is 5.91 Å². The first-order chi connectivity index (χ1) is 14.1. The molecule has 0 aliphatic heterocycles. The monoisotopic (exact) mass is 407 g/mol. The zero-order valence-corrected chi connectivity index (χ0v) is 16.6. The van der Waals surface area contributed by atoms with E-state index in [1.807, 2.05) is 43.3 Å². The number of thiazole rings is 1. The molecule has 3 aromatic heterocycles. The highest BCUT2D eigenvalue weighted by molar-refractivity contribution is 7.19. The van der Waals surface area contributed by atoms with E-state index in [1.54, 1.807) is 12.4 Å². The lowest BCUT2D eigenvalue weighted by molar-refractivity contribution is -0.114. The summed E-state index contributed by atoms with van der Waals surface area (Å²) >= 11 is 1.29. The highest BCUT2D eigenvalue weighted by Gasteiger charge is 2.17. The molecule has 0 aliphatic carbocycles. The van der Waals surface area contributed by atoms with E-state index < -0.39 is 0 Å². The number of carbonyl (C=O) groups is 1. The van der Waals surface area contributed by atoms with Crippen molar-refractivity contribution in [2.24, 2.45) is 0 Å². The summed E-state index contributed by atoms with van der Waals surface area (Å²) in [6.45, 7) is 3.71. The third kappa shape index (κ3) is 4.46. The lowest BCUT2D eigenvalue weighted by Crippen LogP contribution is -2.04. The van der Waals surface area contributed by atoms with Gasteiger partial charge in [-0.3, -0.25) is 9.78 Å². The number of aryl methyl sites for hydroxylation is 1. The van der Waals surface area contributed by atoms with Gasteiger partial charge in [-0.05, 0) is 37.3 Å². The number of hydrogen-bond acceptors (Lipinski definition) is 8. The maximum Gasteiger partial charge on any atom is 0.270 e. The lowest BCUT2D eigenvalue weighted by atomic mass is 10.2. The van der Waals surface area contributed by atoms with Crippen molar-refractivity contribution in [3.8, 4) is 27.9 Å². The third-order valence-corrected chi connectivity index (χ3v) is 5.00. The molecule has 3 heterocycles. The molecule has 0 aliphatic rings. The van der Waals surface area contributed by atoms with Gasteiger partial charge in [0.25, 0.3) is 5.89 Å². The molecular weight excluding hydrogens is 390 g/mol. The number of nitrogens with zero attached hydrogens (tertiary/aromatic N) is 4. The van der Waals surface area contributed by atoms with Crippen LogP contribution in [0.15, 0.2) is 53.3 Å². The molecule has 29 heavy (non-hydrogen) atoms. The number of nitrogens with one attached hydrogen (secondary N) is 1. The highest BCUT2D eigenvalue weighted by Crippen LogP contribution is 2.33. The maximum atomic E-state index is 11.2. The molecule has 0 bridgehead atoms. The second-order valence-corrected chi connectivity index (χ2v) is 7.21. The van der Waals surface area contributed by atoms with Crippen molar-refractivity contribution >= 4 is 22.4 Å². The molecule has 8 nitrogen and oxygen atoms in total. The molecule has 4 aromatic rings. The number of aromatic nitrogens is 4. The first-order valence-corrected chi connectivity index (χ1v) is 9.61. The van der Waals surface area contributed by atoms with Crippen molar-refractivity contribution in [2.75, 3.05) is 5.32 Å². The van der Waals surface area contributed by atoms with Crippen molar-refractivity contribution in [1.29, 1.82) is 0 Å². The first-order valence-electron chi connectivity index (χ1n) is 8.80. The number of benzene rings is 1. The van der Waals surface area contributed by atoms with Crippen molar-refractivity contribution in [1.82, 2.24) is 20.1 Å². The van der Waals surface area contributed by atoms with E-state index in [0.717, 1.165) is 21.8 Å². The molecule has 146 valence electrons. The molecule has 0 saturated heterocycles. The lowest BCUT2D eigenvalue weighted by Gasteiger charge is -2.06. The van der Waals surface area contributed by atoms with E-state index in [0.29, 0.717) is 29.1 Å². The minimum Gasteiger partial charge on any atom is -0.489 e. The fourth-order valence-corrected chi connectivity index (χ4v) is 3.52. The maximum absolute atomic E-state index is 11.2. The number of pyridine rings is 1. The highest BCUT2D eigenvalue weighted by atomic mass is 32.1. The number of carbonyl (C=O) groups excluding carboxylic acids is 1. The summed E-state index contributed by atoms with van der Waals surface area (Å²) in [6.07, 6.45) is 3.50. The van der Waals surface area contributed by atoms with Gasteiger partial charge in [0.05, 0.1) is 5.69 Å². The normalized spacial score (nSPS) is 10.7. The summed E-state index contributed by atoms with van der Waals surface area (Å²) in [5, 5.41) is 7.22. The number of rotatable bonds is 6. The Bertz CT molecular complexity index is 1120. The number of ether oxygens (including phenoxy) is 1. The Morgan fingerprint density at radius 2 is 2.03 bits per heavy atom. The molecule has 0 fully saturated rings.